The first-order valence-electron chi connectivity index (χ1n) is 12.0. The second kappa shape index (κ2) is 10.5. The fraction of sp³-hybridized carbons (Fsp3) is 0.519. The number of hydrogen-bond acceptors (Lipinski definition) is 4. The summed E-state index contributed by atoms with van der Waals surface area (Å²) in [5.74, 6) is 1.70. The minimum Gasteiger partial charge on any atom is -0.496 e. The van der Waals surface area contributed by atoms with E-state index >= 15 is 0 Å². The van der Waals surface area contributed by atoms with E-state index in [4.69, 9.17) is 9.47 Å². The molecule has 0 radical (unpaired) electrons. The van der Waals surface area contributed by atoms with E-state index in [9.17, 15) is 4.79 Å². The fourth-order valence-corrected chi connectivity index (χ4v) is 4.93. The van der Waals surface area contributed by atoms with E-state index in [1.807, 2.05) is 18.2 Å². The van der Waals surface area contributed by atoms with E-state index in [0.717, 1.165) is 60.8 Å². The van der Waals surface area contributed by atoms with Crippen LogP contribution in [0.3, 0.4) is 0 Å². The van der Waals surface area contributed by atoms with Crippen molar-refractivity contribution in [3.63, 3.8) is 0 Å². The van der Waals surface area contributed by atoms with Crippen LogP contribution in [0.5, 0.6) is 5.75 Å². The third-order valence-electron chi connectivity index (χ3n) is 6.94. The standard InChI is InChI=1S/C27H36N2O3/c1-21-11-15-29(16-12-21)17-14-28-26(30)27(13-6-18-32-27)20-22-7-5-8-23(19-22)24-9-3-4-10-25(24)31-2/h3-5,7-10,19,21H,6,11-18,20H2,1-2H3,(H,28,30). The summed E-state index contributed by atoms with van der Waals surface area (Å²) in [6, 6.07) is 16.4. The molecule has 1 atom stereocenters. The molecule has 0 saturated carbocycles. The molecule has 4 rings (SSSR count). The van der Waals surface area contributed by atoms with Crippen molar-refractivity contribution >= 4 is 5.91 Å². The van der Waals surface area contributed by atoms with E-state index in [2.05, 4.69) is 47.5 Å². The average Bonchev–Trinajstić information content (AvgIpc) is 3.30. The van der Waals surface area contributed by atoms with Gasteiger partial charge in [0.1, 0.15) is 5.75 Å². The highest BCUT2D eigenvalue weighted by Crippen LogP contribution is 2.33. The Labute approximate surface area is 192 Å². The molecule has 2 aromatic rings. The van der Waals surface area contributed by atoms with Gasteiger partial charge in [-0.25, -0.2) is 0 Å². The van der Waals surface area contributed by atoms with Crippen LogP contribution in [0, 0.1) is 5.92 Å². The van der Waals surface area contributed by atoms with E-state index in [1.165, 1.54) is 12.8 Å². The molecule has 2 heterocycles. The average molecular weight is 437 g/mol. The molecule has 0 aromatic heterocycles. The van der Waals surface area contributed by atoms with Crippen LogP contribution < -0.4 is 10.1 Å². The molecular formula is C27H36N2O3. The van der Waals surface area contributed by atoms with Crippen molar-refractivity contribution in [2.75, 3.05) is 39.9 Å². The first kappa shape index (κ1) is 22.8. The van der Waals surface area contributed by atoms with Gasteiger partial charge >= 0.3 is 0 Å². The van der Waals surface area contributed by atoms with Crippen LogP contribution in [0.4, 0.5) is 0 Å². The van der Waals surface area contributed by atoms with E-state index in [0.29, 0.717) is 19.6 Å². The van der Waals surface area contributed by atoms with Gasteiger partial charge in [-0.05, 0) is 61.9 Å². The largest absolute Gasteiger partial charge is 0.496 e. The van der Waals surface area contributed by atoms with Gasteiger partial charge in [0.2, 0.25) is 0 Å². The summed E-state index contributed by atoms with van der Waals surface area (Å²) in [6.07, 6.45) is 4.78. The molecule has 5 heteroatoms. The van der Waals surface area contributed by atoms with Crippen molar-refractivity contribution in [3.05, 3.63) is 54.1 Å². The first-order valence-corrected chi connectivity index (χ1v) is 12.0. The fourth-order valence-electron chi connectivity index (χ4n) is 4.93. The summed E-state index contributed by atoms with van der Waals surface area (Å²) in [5.41, 5.74) is 2.48. The molecule has 2 aliphatic rings. The van der Waals surface area contributed by atoms with Crippen LogP contribution in [0.2, 0.25) is 0 Å². The van der Waals surface area contributed by atoms with Gasteiger partial charge in [0.25, 0.3) is 5.91 Å². The predicted molar refractivity (Wildman–Crippen MR) is 128 cm³/mol. The summed E-state index contributed by atoms with van der Waals surface area (Å²) in [6.45, 7) is 6.83. The minimum atomic E-state index is -0.768. The molecule has 2 fully saturated rings. The van der Waals surface area contributed by atoms with Gasteiger partial charge in [0.05, 0.1) is 7.11 Å². The number of methoxy groups -OCH3 is 1. The zero-order valence-corrected chi connectivity index (χ0v) is 19.4. The molecule has 32 heavy (non-hydrogen) atoms. The van der Waals surface area contributed by atoms with Gasteiger partial charge in [-0.15, -0.1) is 0 Å². The van der Waals surface area contributed by atoms with E-state index in [-0.39, 0.29) is 5.91 Å². The third-order valence-corrected chi connectivity index (χ3v) is 6.94. The minimum absolute atomic E-state index is 0.0306. The smallest absolute Gasteiger partial charge is 0.252 e. The molecule has 1 N–H and O–H groups in total. The molecule has 1 unspecified atom stereocenters. The Kier molecular flexibility index (Phi) is 7.48. The van der Waals surface area contributed by atoms with Crippen molar-refractivity contribution in [3.8, 4) is 16.9 Å². The zero-order chi connectivity index (χ0) is 22.4. The third kappa shape index (κ3) is 5.33. The number of carbonyl (C=O) groups excluding carboxylic acids is 1. The van der Waals surface area contributed by atoms with Crippen molar-refractivity contribution in [2.45, 2.75) is 44.6 Å². The second-order valence-electron chi connectivity index (χ2n) is 9.30. The number of hydrogen-bond donors (Lipinski definition) is 1. The lowest BCUT2D eigenvalue weighted by Crippen LogP contribution is -2.50. The number of likely N-dealkylation sites (tertiary alicyclic amines) is 1. The number of ether oxygens (including phenoxy) is 2. The summed E-state index contributed by atoms with van der Waals surface area (Å²) >= 11 is 0. The van der Waals surface area contributed by atoms with Gasteiger partial charge in [-0.1, -0.05) is 49.4 Å². The maximum absolute atomic E-state index is 13.2. The lowest BCUT2D eigenvalue weighted by Gasteiger charge is -2.31. The molecule has 1 amide bonds. The Morgan fingerprint density at radius 1 is 1.19 bits per heavy atom. The number of benzene rings is 2. The lowest BCUT2D eigenvalue weighted by atomic mass is 9.89. The molecule has 172 valence electrons. The summed E-state index contributed by atoms with van der Waals surface area (Å²) < 4.78 is 11.6. The molecule has 0 spiro atoms. The van der Waals surface area contributed by atoms with Crippen molar-refractivity contribution < 1.29 is 14.3 Å². The first-order chi connectivity index (χ1) is 15.6. The number of para-hydroxylation sites is 1. The van der Waals surface area contributed by atoms with Crippen molar-refractivity contribution in [2.24, 2.45) is 5.92 Å². The van der Waals surface area contributed by atoms with Crippen LogP contribution >= 0.6 is 0 Å². The van der Waals surface area contributed by atoms with Crippen molar-refractivity contribution in [1.29, 1.82) is 0 Å². The molecule has 2 aromatic carbocycles. The maximum Gasteiger partial charge on any atom is 0.252 e. The topological polar surface area (TPSA) is 50.8 Å². The summed E-state index contributed by atoms with van der Waals surface area (Å²) in [4.78, 5) is 15.7. The Bertz CT molecular complexity index is 899. The van der Waals surface area contributed by atoms with Crippen LogP contribution in [-0.2, 0) is 16.0 Å². The molecule has 2 aliphatic heterocycles. The van der Waals surface area contributed by atoms with Crippen molar-refractivity contribution in [1.82, 2.24) is 10.2 Å². The maximum atomic E-state index is 13.2. The number of nitrogens with one attached hydrogen (secondary N) is 1. The summed E-state index contributed by atoms with van der Waals surface area (Å²) in [7, 11) is 1.69. The highest BCUT2D eigenvalue weighted by Gasteiger charge is 2.42. The lowest BCUT2D eigenvalue weighted by molar-refractivity contribution is -0.141. The van der Waals surface area contributed by atoms with Crippen LogP contribution in [-0.4, -0.2) is 56.3 Å². The monoisotopic (exact) mass is 436 g/mol. The number of carbonyl (C=O) groups is 1. The molecule has 2 saturated heterocycles. The zero-order valence-electron chi connectivity index (χ0n) is 19.4. The predicted octanol–water partition coefficient (Wildman–Crippen LogP) is 4.30. The molecule has 0 aliphatic carbocycles. The van der Waals surface area contributed by atoms with Gasteiger partial charge in [0, 0.05) is 31.7 Å². The molecule has 5 nitrogen and oxygen atoms in total. The summed E-state index contributed by atoms with van der Waals surface area (Å²) in [5, 5.41) is 3.18. The van der Waals surface area contributed by atoms with Gasteiger partial charge < -0.3 is 19.7 Å². The number of amides is 1. The van der Waals surface area contributed by atoms with Crippen LogP contribution in [0.1, 0.15) is 38.2 Å². The molecule has 0 bridgehead atoms. The Hall–Kier alpha value is -2.37. The van der Waals surface area contributed by atoms with E-state index < -0.39 is 5.60 Å². The van der Waals surface area contributed by atoms with E-state index in [1.54, 1.807) is 7.11 Å². The SMILES string of the molecule is COc1ccccc1-c1cccc(CC2(C(=O)NCCN3CCC(C)CC3)CCCO2)c1. The Morgan fingerprint density at radius 3 is 2.75 bits per heavy atom. The highest BCUT2D eigenvalue weighted by atomic mass is 16.5. The quantitative estimate of drug-likeness (QED) is 0.670. The normalized spacial score (nSPS) is 22.1. The number of rotatable bonds is 8. The Morgan fingerprint density at radius 2 is 2.00 bits per heavy atom. The Balaban J connectivity index is 1.42. The van der Waals surface area contributed by atoms with Crippen LogP contribution in [0.25, 0.3) is 11.1 Å². The number of nitrogens with zero attached hydrogens (tertiary/aromatic N) is 1. The molecular weight excluding hydrogens is 400 g/mol. The van der Waals surface area contributed by atoms with Gasteiger partial charge in [-0.2, -0.15) is 0 Å². The van der Waals surface area contributed by atoms with Gasteiger partial charge in [0.15, 0.2) is 5.60 Å². The number of piperidine rings is 1. The highest BCUT2D eigenvalue weighted by molar-refractivity contribution is 5.86. The van der Waals surface area contributed by atoms with Gasteiger partial charge in [-0.3, -0.25) is 4.79 Å². The van der Waals surface area contributed by atoms with Crippen LogP contribution in [0.15, 0.2) is 48.5 Å². The second-order valence-corrected chi connectivity index (χ2v) is 9.30.